The summed E-state index contributed by atoms with van der Waals surface area (Å²) in [5.41, 5.74) is 0. The maximum absolute atomic E-state index is 11.0. The van der Waals surface area contributed by atoms with Crippen molar-refractivity contribution in [3.8, 4) is 0 Å². The zero-order valence-corrected chi connectivity index (χ0v) is 11.1. The Morgan fingerprint density at radius 2 is 1.63 bits per heavy atom. The Morgan fingerprint density at radius 1 is 1.11 bits per heavy atom. The summed E-state index contributed by atoms with van der Waals surface area (Å²) >= 11 is 0. The van der Waals surface area contributed by atoms with Crippen molar-refractivity contribution in [2.24, 2.45) is 0 Å². The van der Waals surface area contributed by atoms with Crippen molar-refractivity contribution in [3.63, 3.8) is 0 Å². The molecule has 0 atom stereocenters. The van der Waals surface area contributed by atoms with Crippen molar-refractivity contribution in [2.45, 2.75) is 18.2 Å². The molecule has 2 aromatic rings. The van der Waals surface area contributed by atoms with Crippen LogP contribution in [-0.4, -0.2) is 24.0 Å². The first-order valence-electron chi connectivity index (χ1n) is 5.53. The fraction of sp³-hybridized carbons (Fsp3) is 0.154. The summed E-state index contributed by atoms with van der Waals surface area (Å²) in [6, 6.07) is 11.8. The molecule has 2 rings (SSSR count). The fourth-order valence-electron chi connectivity index (χ4n) is 1.42. The van der Waals surface area contributed by atoms with Gasteiger partial charge in [-0.25, -0.2) is 0 Å². The predicted octanol–water partition coefficient (Wildman–Crippen LogP) is 2.57. The van der Waals surface area contributed by atoms with E-state index in [4.69, 9.17) is 9.66 Å². The van der Waals surface area contributed by atoms with Crippen LogP contribution < -0.4 is 0 Å². The predicted molar refractivity (Wildman–Crippen MR) is 71.7 cm³/mol. The van der Waals surface area contributed by atoms with Gasteiger partial charge in [-0.05, 0) is 11.5 Å². The second-order valence-electron chi connectivity index (χ2n) is 3.70. The van der Waals surface area contributed by atoms with Crippen molar-refractivity contribution in [1.29, 1.82) is 0 Å². The number of aliphatic carboxylic acids is 1. The number of benzene rings is 2. The molecule has 2 aromatic carbocycles. The third-order valence-electron chi connectivity index (χ3n) is 2.33. The van der Waals surface area contributed by atoms with E-state index < -0.39 is 16.1 Å². The Bertz CT molecular complexity index is 671. The molecular weight excluding hydrogens is 268 g/mol. The molecule has 19 heavy (non-hydrogen) atoms. The molecule has 0 amide bonds. The second kappa shape index (κ2) is 6.31. The lowest BCUT2D eigenvalue weighted by atomic mass is 10.1. The number of carboxylic acids is 1. The first-order chi connectivity index (χ1) is 8.86. The summed E-state index contributed by atoms with van der Waals surface area (Å²) in [5.74, 6) is -0.745. The zero-order valence-electron chi connectivity index (χ0n) is 10.3. The maximum atomic E-state index is 11.0. The van der Waals surface area contributed by atoms with Crippen LogP contribution in [0, 0.1) is 0 Å². The van der Waals surface area contributed by atoms with E-state index in [9.17, 15) is 13.2 Å². The Balaban J connectivity index is 0.000000312. The third kappa shape index (κ3) is 4.35. The first-order valence-corrected chi connectivity index (χ1v) is 6.97. The number of hydrogen-bond donors (Lipinski definition) is 2. The Kier molecular flexibility index (Phi) is 5.02. The van der Waals surface area contributed by atoms with Crippen LogP contribution in [0.25, 0.3) is 10.8 Å². The van der Waals surface area contributed by atoms with Gasteiger partial charge >= 0.3 is 5.97 Å². The van der Waals surface area contributed by atoms with Crippen LogP contribution >= 0.6 is 0 Å². The van der Waals surface area contributed by atoms with E-state index in [1.165, 1.54) is 6.07 Å². The molecule has 0 aliphatic heterocycles. The number of rotatable bonds is 2. The van der Waals surface area contributed by atoms with Crippen LogP contribution in [0.4, 0.5) is 0 Å². The van der Waals surface area contributed by atoms with Gasteiger partial charge < -0.3 is 5.11 Å². The fourth-order valence-corrected chi connectivity index (χ4v) is 2.13. The minimum Gasteiger partial charge on any atom is -0.481 e. The summed E-state index contributed by atoms with van der Waals surface area (Å²) in [6.45, 7) is 1.60. The van der Waals surface area contributed by atoms with Gasteiger partial charge in [0.1, 0.15) is 4.90 Å². The average molecular weight is 282 g/mol. The molecular formula is C13H14O5S. The summed E-state index contributed by atoms with van der Waals surface area (Å²) in [4.78, 5) is 9.32. The van der Waals surface area contributed by atoms with E-state index in [-0.39, 0.29) is 11.3 Å². The number of fused-ring (bicyclic) bond motifs is 1. The second-order valence-corrected chi connectivity index (χ2v) is 5.09. The van der Waals surface area contributed by atoms with Gasteiger partial charge in [0.05, 0.1) is 0 Å². The maximum Gasteiger partial charge on any atom is 0.303 e. The Labute approximate surface area is 111 Å². The van der Waals surface area contributed by atoms with Crippen LogP contribution in [0.15, 0.2) is 47.4 Å². The molecule has 0 aliphatic rings. The molecule has 0 heterocycles. The molecule has 0 bridgehead atoms. The lowest BCUT2D eigenvalue weighted by molar-refractivity contribution is -0.136. The highest BCUT2D eigenvalue weighted by Gasteiger charge is 2.12. The van der Waals surface area contributed by atoms with E-state index in [0.29, 0.717) is 5.39 Å². The van der Waals surface area contributed by atoms with Crippen molar-refractivity contribution < 1.29 is 22.9 Å². The highest BCUT2D eigenvalue weighted by Crippen LogP contribution is 2.21. The third-order valence-corrected chi connectivity index (χ3v) is 3.24. The van der Waals surface area contributed by atoms with E-state index in [1.54, 1.807) is 37.3 Å². The highest BCUT2D eigenvalue weighted by molar-refractivity contribution is 7.86. The largest absolute Gasteiger partial charge is 0.481 e. The first kappa shape index (κ1) is 15.1. The van der Waals surface area contributed by atoms with Gasteiger partial charge in [-0.15, -0.1) is 0 Å². The quantitative estimate of drug-likeness (QED) is 0.826. The van der Waals surface area contributed by atoms with Gasteiger partial charge in [-0.1, -0.05) is 43.3 Å². The van der Waals surface area contributed by atoms with Crippen LogP contribution in [0.3, 0.4) is 0 Å². The van der Waals surface area contributed by atoms with Crippen LogP contribution in [0.1, 0.15) is 13.3 Å². The normalized spacial score (nSPS) is 10.6. The molecule has 0 fully saturated rings. The SMILES string of the molecule is CCC(=O)O.O=S(=O)(O)c1cccc2ccccc12. The van der Waals surface area contributed by atoms with E-state index in [0.717, 1.165) is 5.39 Å². The van der Waals surface area contributed by atoms with Crippen molar-refractivity contribution in [1.82, 2.24) is 0 Å². The molecule has 0 spiro atoms. The summed E-state index contributed by atoms with van der Waals surface area (Å²) < 4.78 is 31.0. The van der Waals surface area contributed by atoms with Crippen molar-refractivity contribution in [3.05, 3.63) is 42.5 Å². The molecule has 0 aliphatic carbocycles. The van der Waals surface area contributed by atoms with Gasteiger partial charge in [0.25, 0.3) is 10.1 Å². The van der Waals surface area contributed by atoms with Crippen molar-refractivity contribution >= 4 is 26.9 Å². The topological polar surface area (TPSA) is 91.7 Å². The Hall–Kier alpha value is -1.92. The molecule has 102 valence electrons. The smallest absolute Gasteiger partial charge is 0.303 e. The van der Waals surface area contributed by atoms with Crippen LogP contribution in [0.5, 0.6) is 0 Å². The van der Waals surface area contributed by atoms with Gasteiger partial charge in [0.15, 0.2) is 0 Å². The molecule has 2 N–H and O–H groups in total. The molecule has 0 saturated heterocycles. The molecule has 0 saturated carbocycles. The van der Waals surface area contributed by atoms with Gasteiger partial charge in [-0.2, -0.15) is 8.42 Å². The molecule has 0 aromatic heterocycles. The van der Waals surface area contributed by atoms with Crippen molar-refractivity contribution in [2.75, 3.05) is 0 Å². The number of carboxylic acid groups (broad SMARTS) is 1. The lowest BCUT2D eigenvalue weighted by Crippen LogP contribution is -1.98. The highest BCUT2D eigenvalue weighted by atomic mass is 32.2. The molecule has 0 radical (unpaired) electrons. The summed E-state index contributed by atoms with van der Waals surface area (Å²) in [6.07, 6.45) is 0.222. The minimum atomic E-state index is -4.13. The minimum absolute atomic E-state index is 0.0457. The summed E-state index contributed by atoms with van der Waals surface area (Å²) in [5, 5.41) is 9.06. The average Bonchev–Trinajstić information content (AvgIpc) is 2.37. The summed E-state index contributed by atoms with van der Waals surface area (Å²) in [7, 11) is -4.13. The molecule has 5 nitrogen and oxygen atoms in total. The Morgan fingerprint density at radius 3 is 2.16 bits per heavy atom. The molecule has 0 unspecified atom stereocenters. The van der Waals surface area contributed by atoms with E-state index >= 15 is 0 Å². The number of carbonyl (C=O) groups is 1. The van der Waals surface area contributed by atoms with Gasteiger partial charge in [0.2, 0.25) is 0 Å². The number of hydrogen-bond acceptors (Lipinski definition) is 3. The zero-order chi connectivity index (χ0) is 14.5. The molecule has 6 heteroatoms. The van der Waals surface area contributed by atoms with Crippen LogP contribution in [-0.2, 0) is 14.9 Å². The van der Waals surface area contributed by atoms with E-state index in [2.05, 4.69) is 0 Å². The van der Waals surface area contributed by atoms with Gasteiger partial charge in [0, 0.05) is 11.8 Å². The lowest BCUT2D eigenvalue weighted by Gasteiger charge is -2.02. The van der Waals surface area contributed by atoms with E-state index in [1.807, 2.05) is 6.07 Å². The standard InChI is InChI=1S/C10H8O3S.C3H6O2/c11-14(12,13)10-7-3-5-8-4-1-2-6-9(8)10;1-2-3(4)5/h1-7H,(H,11,12,13);2H2,1H3,(H,4,5). The van der Waals surface area contributed by atoms with Gasteiger partial charge in [-0.3, -0.25) is 9.35 Å². The van der Waals surface area contributed by atoms with Crippen LogP contribution in [0.2, 0.25) is 0 Å². The monoisotopic (exact) mass is 282 g/mol.